The summed E-state index contributed by atoms with van der Waals surface area (Å²) >= 11 is 0. The Morgan fingerprint density at radius 3 is 2.57 bits per heavy atom. The second-order valence-electron chi connectivity index (χ2n) is 8.06. The van der Waals surface area contributed by atoms with Crippen LogP contribution < -0.4 is 5.32 Å². The van der Waals surface area contributed by atoms with Crippen LogP contribution >= 0.6 is 0 Å². The number of halogens is 3. The Balaban J connectivity index is 1.62. The van der Waals surface area contributed by atoms with Crippen molar-refractivity contribution in [3.63, 3.8) is 0 Å². The minimum atomic E-state index is -4.47. The zero-order valence-corrected chi connectivity index (χ0v) is 16.3. The van der Waals surface area contributed by atoms with E-state index in [0.29, 0.717) is 25.7 Å². The molecule has 1 aromatic heterocycles. The number of alkyl halides is 3. The van der Waals surface area contributed by atoms with E-state index in [1.54, 1.807) is 0 Å². The van der Waals surface area contributed by atoms with Crippen molar-refractivity contribution in [1.82, 2.24) is 15.1 Å². The van der Waals surface area contributed by atoms with Crippen molar-refractivity contribution in [1.29, 1.82) is 0 Å². The van der Waals surface area contributed by atoms with Crippen LogP contribution in [0.2, 0.25) is 0 Å². The largest absolute Gasteiger partial charge is 0.481 e. The molecule has 6 nitrogen and oxygen atoms in total. The fraction of sp³-hybridized carbons (Fsp3) is 0.476. The lowest BCUT2D eigenvalue weighted by atomic mass is 9.86. The molecule has 1 saturated carbocycles. The molecule has 0 unspecified atom stereocenters. The van der Waals surface area contributed by atoms with Gasteiger partial charge in [0.15, 0.2) is 5.69 Å². The molecule has 2 aliphatic carbocycles. The van der Waals surface area contributed by atoms with Gasteiger partial charge in [0.25, 0.3) is 5.91 Å². The van der Waals surface area contributed by atoms with Gasteiger partial charge in [-0.1, -0.05) is 18.9 Å². The zero-order valence-electron chi connectivity index (χ0n) is 16.3. The van der Waals surface area contributed by atoms with Crippen molar-refractivity contribution < 1.29 is 27.9 Å². The van der Waals surface area contributed by atoms with E-state index in [4.69, 9.17) is 0 Å². The van der Waals surface area contributed by atoms with Crippen molar-refractivity contribution in [2.24, 2.45) is 5.41 Å². The number of rotatable bonds is 5. The summed E-state index contributed by atoms with van der Waals surface area (Å²) in [6, 6.07) is 4.86. The Bertz CT molecular complexity index is 991. The quantitative estimate of drug-likeness (QED) is 0.770. The van der Waals surface area contributed by atoms with Crippen LogP contribution in [0.1, 0.15) is 59.4 Å². The molecule has 2 aromatic rings. The summed E-state index contributed by atoms with van der Waals surface area (Å²) in [5.41, 5.74) is 0.132. The lowest BCUT2D eigenvalue weighted by molar-refractivity contribution is -0.148. The van der Waals surface area contributed by atoms with Gasteiger partial charge in [-0.05, 0) is 50.3 Å². The molecular weight excluding hydrogens is 399 g/mol. The van der Waals surface area contributed by atoms with Crippen molar-refractivity contribution in [2.75, 3.05) is 6.54 Å². The Morgan fingerprint density at radius 1 is 1.17 bits per heavy atom. The smallest absolute Gasteiger partial charge is 0.416 e. The molecule has 0 saturated heterocycles. The van der Waals surface area contributed by atoms with Crippen molar-refractivity contribution >= 4 is 11.9 Å². The summed E-state index contributed by atoms with van der Waals surface area (Å²) in [5.74, 6) is -1.40. The highest BCUT2D eigenvalue weighted by Gasteiger charge is 2.42. The van der Waals surface area contributed by atoms with Gasteiger partial charge in [0.05, 0.1) is 16.7 Å². The molecular formula is C21H22F3N3O3. The third-order valence-electron chi connectivity index (χ3n) is 6.17. The summed E-state index contributed by atoms with van der Waals surface area (Å²) in [6.45, 7) is 0.0202. The van der Waals surface area contributed by atoms with E-state index in [1.165, 1.54) is 16.8 Å². The van der Waals surface area contributed by atoms with E-state index in [-0.39, 0.29) is 17.9 Å². The molecule has 0 radical (unpaired) electrons. The molecule has 160 valence electrons. The van der Waals surface area contributed by atoms with Gasteiger partial charge >= 0.3 is 12.1 Å². The average molecular weight is 421 g/mol. The van der Waals surface area contributed by atoms with E-state index in [1.807, 2.05) is 0 Å². The van der Waals surface area contributed by atoms with Crippen LogP contribution in [0.5, 0.6) is 0 Å². The van der Waals surface area contributed by atoms with Crippen molar-refractivity contribution in [2.45, 2.75) is 51.1 Å². The third-order valence-corrected chi connectivity index (χ3v) is 6.17. The number of carbonyl (C=O) groups is 2. The lowest BCUT2D eigenvalue weighted by Crippen LogP contribution is -2.41. The summed E-state index contributed by atoms with van der Waals surface area (Å²) in [6.07, 6.45) is 0.179. The van der Waals surface area contributed by atoms with Gasteiger partial charge in [0.1, 0.15) is 0 Å². The van der Waals surface area contributed by atoms with Gasteiger partial charge in [-0.25, -0.2) is 4.68 Å². The van der Waals surface area contributed by atoms with E-state index < -0.39 is 29.0 Å². The monoisotopic (exact) mass is 421 g/mol. The number of fused-ring (bicyclic) bond motifs is 1. The Labute approximate surface area is 171 Å². The number of benzene rings is 1. The molecule has 9 heteroatoms. The van der Waals surface area contributed by atoms with Gasteiger partial charge in [-0.2, -0.15) is 18.3 Å². The molecule has 1 fully saturated rings. The van der Waals surface area contributed by atoms with Crippen molar-refractivity contribution in [3.8, 4) is 5.69 Å². The fourth-order valence-electron chi connectivity index (χ4n) is 4.50. The maximum atomic E-state index is 13.1. The standard InChI is InChI=1S/C21H22F3N3O3/c22-21(23,24)13-5-3-6-14(11-13)27-16-8-4-7-15(16)17(26-27)18(28)25-12-20(19(29)30)9-1-2-10-20/h3,5-6,11H,1-2,4,7-10,12H2,(H,25,28)(H,29,30). The van der Waals surface area contributed by atoms with Crippen LogP contribution in [0.4, 0.5) is 13.2 Å². The first-order chi connectivity index (χ1) is 14.2. The molecule has 1 amide bonds. The van der Waals surface area contributed by atoms with Crippen LogP contribution in [0.15, 0.2) is 24.3 Å². The first kappa shape index (κ1) is 20.4. The predicted octanol–water partition coefficient (Wildman–Crippen LogP) is 3.75. The SMILES string of the molecule is O=C(NCC1(C(=O)O)CCCC1)c1nn(-c2cccc(C(F)(F)F)c2)c2c1CCC2. The van der Waals surface area contributed by atoms with Gasteiger partial charge < -0.3 is 10.4 Å². The van der Waals surface area contributed by atoms with Gasteiger partial charge in [-0.15, -0.1) is 0 Å². The van der Waals surface area contributed by atoms with Crippen LogP contribution in [0.25, 0.3) is 5.69 Å². The number of carboxylic acids is 1. The van der Waals surface area contributed by atoms with E-state index in [0.717, 1.165) is 42.7 Å². The summed E-state index contributed by atoms with van der Waals surface area (Å²) in [5, 5.41) is 16.6. The maximum absolute atomic E-state index is 13.1. The van der Waals surface area contributed by atoms with Gasteiger partial charge in [0.2, 0.25) is 0 Å². The average Bonchev–Trinajstić information content (AvgIpc) is 3.42. The maximum Gasteiger partial charge on any atom is 0.416 e. The molecule has 4 rings (SSSR count). The minimum Gasteiger partial charge on any atom is -0.481 e. The number of hydrogen-bond acceptors (Lipinski definition) is 3. The highest BCUT2D eigenvalue weighted by molar-refractivity contribution is 5.94. The minimum absolute atomic E-state index is 0.0202. The van der Waals surface area contributed by atoms with E-state index in [2.05, 4.69) is 10.4 Å². The van der Waals surface area contributed by atoms with Gasteiger partial charge in [0, 0.05) is 17.8 Å². The Kier molecular flexibility index (Phi) is 5.07. The predicted molar refractivity (Wildman–Crippen MR) is 101 cm³/mol. The number of nitrogens with zero attached hydrogens (tertiary/aromatic N) is 2. The lowest BCUT2D eigenvalue weighted by Gasteiger charge is -2.23. The number of aromatic nitrogens is 2. The molecule has 0 spiro atoms. The second kappa shape index (κ2) is 7.45. The number of amides is 1. The molecule has 0 atom stereocenters. The van der Waals surface area contributed by atoms with Crippen molar-refractivity contribution in [3.05, 3.63) is 46.8 Å². The second-order valence-corrected chi connectivity index (χ2v) is 8.06. The first-order valence-corrected chi connectivity index (χ1v) is 10.0. The first-order valence-electron chi connectivity index (χ1n) is 10.0. The van der Waals surface area contributed by atoms with Crippen LogP contribution in [-0.4, -0.2) is 33.3 Å². The van der Waals surface area contributed by atoms with E-state index >= 15 is 0 Å². The fourth-order valence-corrected chi connectivity index (χ4v) is 4.50. The van der Waals surface area contributed by atoms with Crippen LogP contribution in [0.3, 0.4) is 0 Å². The van der Waals surface area contributed by atoms with Crippen LogP contribution in [-0.2, 0) is 23.8 Å². The molecule has 30 heavy (non-hydrogen) atoms. The van der Waals surface area contributed by atoms with Crippen LogP contribution in [0, 0.1) is 5.41 Å². The number of hydrogen-bond donors (Lipinski definition) is 2. The number of nitrogens with one attached hydrogen (secondary N) is 1. The normalized spacial score (nSPS) is 17.7. The number of carbonyl (C=O) groups excluding carboxylic acids is 1. The summed E-state index contributed by atoms with van der Waals surface area (Å²) in [4.78, 5) is 24.5. The van der Waals surface area contributed by atoms with Gasteiger partial charge in [-0.3, -0.25) is 9.59 Å². The Morgan fingerprint density at radius 2 is 1.90 bits per heavy atom. The molecule has 1 heterocycles. The zero-order chi connectivity index (χ0) is 21.5. The molecule has 1 aromatic carbocycles. The summed E-state index contributed by atoms with van der Waals surface area (Å²) < 4.78 is 40.7. The molecule has 0 aliphatic heterocycles. The molecule has 2 aliphatic rings. The highest BCUT2D eigenvalue weighted by Crippen LogP contribution is 2.38. The third kappa shape index (κ3) is 3.57. The molecule has 0 bridgehead atoms. The highest BCUT2D eigenvalue weighted by atomic mass is 19.4. The number of aliphatic carboxylic acids is 1. The summed E-state index contributed by atoms with van der Waals surface area (Å²) in [7, 11) is 0. The Hall–Kier alpha value is -2.84. The number of carboxylic acid groups (broad SMARTS) is 1. The topological polar surface area (TPSA) is 84.2 Å². The molecule has 2 N–H and O–H groups in total. The van der Waals surface area contributed by atoms with E-state index in [9.17, 15) is 27.9 Å².